The first-order valence-corrected chi connectivity index (χ1v) is 21.6. The zero-order valence-electron chi connectivity index (χ0n) is 30.2. The van der Waals surface area contributed by atoms with Gasteiger partial charge in [-0.1, -0.05) is 146 Å². The van der Waals surface area contributed by atoms with Crippen molar-refractivity contribution in [3.05, 3.63) is 180 Å². The van der Waals surface area contributed by atoms with Gasteiger partial charge in [-0.15, -0.1) is 0 Å². The molecule has 5 aromatic rings. The first kappa shape index (κ1) is 41.9. The molecule has 0 radical (unpaired) electrons. The van der Waals surface area contributed by atoms with Crippen molar-refractivity contribution in [1.29, 1.82) is 0 Å². The Hall–Kier alpha value is -3.29. The van der Waals surface area contributed by atoms with Gasteiger partial charge >= 0.3 is 26.7 Å². The Kier molecular flexibility index (Phi) is 16.4. The average molecular weight is 855 g/mol. The van der Waals surface area contributed by atoms with Crippen LogP contribution in [0.1, 0.15) is 96.3 Å². The summed E-state index contributed by atoms with van der Waals surface area (Å²) in [6.07, 6.45) is 22.7. The minimum absolute atomic E-state index is 0. The molecule has 2 aliphatic heterocycles. The van der Waals surface area contributed by atoms with Crippen LogP contribution in [-0.2, 0) is 19.5 Å². The molecule has 4 atom stereocenters. The number of aromatic nitrogens is 2. The van der Waals surface area contributed by atoms with Gasteiger partial charge in [-0.2, -0.15) is 0 Å². The van der Waals surface area contributed by atoms with Crippen LogP contribution in [0.25, 0.3) is 0 Å². The summed E-state index contributed by atoms with van der Waals surface area (Å²) in [5.74, 6) is 0. The van der Waals surface area contributed by atoms with E-state index in [4.69, 9.17) is 9.97 Å². The van der Waals surface area contributed by atoms with Crippen LogP contribution < -0.4 is 10.9 Å². The van der Waals surface area contributed by atoms with Crippen molar-refractivity contribution in [2.24, 2.45) is 0 Å². The van der Waals surface area contributed by atoms with Crippen LogP contribution in [0.2, 0.25) is 0 Å². The third kappa shape index (κ3) is 11.6. The monoisotopic (exact) mass is 854 g/mol. The third-order valence-corrected chi connectivity index (χ3v) is 16.7. The maximum atomic E-state index is 9.75. The van der Waals surface area contributed by atoms with Crippen LogP contribution in [0.4, 0.5) is 17.3 Å². The maximum Gasteiger partial charge on any atom is 1.00 e. The smallest absolute Gasteiger partial charge is 0.418 e. The largest absolute Gasteiger partial charge is 1.00 e. The molecule has 1 aromatic heterocycles. The predicted octanol–water partition coefficient (Wildman–Crippen LogP) is 13.2. The van der Waals surface area contributed by atoms with Gasteiger partial charge in [-0.25, -0.2) is 0 Å². The van der Waals surface area contributed by atoms with Crippen LogP contribution in [0.15, 0.2) is 158 Å². The van der Waals surface area contributed by atoms with E-state index in [1.54, 1.807) is 0 Å². The van der Waals surface area contributed by atoms with Crippen LogP contribution >= 0.6 is 15.8 Å². The molecular weight excluding hydrogens is 808 g/mol. The summed E-state index contributed by atoms with van der Waals surface area (Å²) in [6.45, 7) is 0. The summed E-state index contributed by atoms with van der Waals surface area (Å²) in [4.78, 5) is 10.6. The van der Waals surface area contributed by atoms with E-state index in [0.29, 0.717) is 22.6 Å². The third-order valence-electron chi connectivity index (χ3n) is 9.99. The maximum absolute atomic E-state index is 9.75. The number of nitrogens with zero attached hydrogens (tertiary/aromatic N) is 2. The summed E-state index contributed by atoms with van der Waals surface area (Å²) in [6, 6.07) is 44.9. The Morgan fingerprint density at radius 3 is 0.852 bits per heavy atom. The molecule has 0 unspecified atom stereocenters. The molecule has 0 bridgehead atoms. The van der Waals surface area contributed by atoms with E-state index in [2.05, 4.69) is 146 Å². The van der Waals surface area contributed by atoms with Crippen molar-refractivity contribution in [3.63, 3.8) is 0 Å². The summed E-state index contributed by atoms with van der Waals surface area (Å²) >= 11 is 0. The second kappa shape index (κ2) is 21.1. The van der Waals surface area contributed by atoms with Gasteiger partial charge in [0.25, 0.3) is 0 Å². The molecule has 10 heteroatoms. The molecule has 4 aromatic carbocycles. The Morgan fingerprint density at radius 1 is 0.407 bits per heavy atom. The SMILES string of the molecule is C1=C\CC/C=C\CC/1.F[B-](F)(F)F.[Rh+].c1ccc([C@H]2CC[C@H](c3ccccc3)P2c2nccnc2P2[C@@H](c3ccccc3)CC[C@@H]2c2ccccc2)cc1. The first-order chi connectivity index (χ1) is 25.9. The molecule has 8 rings (SSSR count). The molecule has 1 aliphatic carbocycles. The molecule has 282 valence electrons. The molecular formula is C44H46BF4N2P2Rh. The van der Waals surface area contributed by atoms with Gasteiger partial charge in [0, 0.05) is 35.0 Å². The molecule has 3 aliphatic rings. The van der Waals surface area contributed by atoms with Crippen LogP contribution in [-0.4, -0.2) is 17.2 Å². The summed E-state index contributed by atoms with van der Waals surface area (Å²) < 4.78 is 39.0. The predicted molar refractivity (Wildman–Crippen MR) is 217 cm³/mol. The fourth-order valence-corrected chi connectivity index (χ4v) is 15.2. The van der Waals surface area contributed by atoms with E-state index < -0.39 is 23.1 Å². The number of benzene rings is 4. The standard InChI is InChI=1S/C36H34N2P2.C8H12.BF4.Rh/c1-5-13-27(14-6-1)31-21-22-32(28-15-7-2-8-16-28)39(31)35-36(38-26-25-37-35)40-33(29-17-9-3-10-18-29)23-24-34(40)30-19-11-4-12-20-30;1-2-4-6-8-7-5-3-1;2-1(3,4)5;/h1-20,25-26,31-34H,21-24H2;1-2,7-8H,3-6H2;;/q;;-1;+1/b;2-1-,8-7-;;/t31-,32-,33-,34-;;;/m1.../s1. The van der Waals surface area contributed by atoms with Crippen molar-refractivity contribution < 1.29 is 36.7 Å². The second-order valence-electron chi connectivity index (χ2n) is 13.5. The minimum Gasteiger partial charge on any atom is -0.418 e. The fourth-order valence-electron chi connectivity index (χ4n) is 7.77. The average Bonchev–Trinajstić information content (AvgIpc) is 3.82. The van der Waals surface area contributed by atoms with Gasteiger partial charge in [0.1, 0.15) is 0 Å². The number of hydrogen-bond acceptors (Lipinski definition) is 2. The van der Waals surface area contributed by atoms with Crippen LogP contribution in [0.3, 0.4) is 0 Å². The number of allylic oxidation sites excluding steroid dienone is 4. The van der Waals surface area contributed by atoms with Gasteiger partial charge in [-0.05, 0) is 89.5 Å². The number of hydrogen-bond donors (Lipinski definition) is 0. The van der Waals surface area contributed by atoms with Crippen molar-refractivity contribution in [2.75, 3.05) is 0 Å². The van der Waals surface area contributed by atoms with E-state index in [1.807, 2.05) is 12.4 Å². The molecule has 0 spiro atoms. The normalized spacial score (nSPS) is 22.6. The molecule has 0 saturated carbocycles. The molecule has 0 amide bonds. The summed E-state index contributed by atoms with van der Waals surface area (Å²) in [5.41, 5.74) is 10.5. The molecule has 2 fully saturated rings. The second-order valence-corrected chi connectivity index (χ2v) is 18.4. The zero-order chi connectivity index (χ0) is 36.9. The number of rotatable bonds is 6. The van der Waals surface area contributed by atoms with Crippen molar-refractivity contribution in [1.82, 2.24) is 9.97 Å². The van der Waals surface area contributed by atoms with Crippen LogP contribution in [0.5, 0.6) is 0 Å². The van der Waals surface area contributed by atoms with Gasteiger partial charge in [0.2, 0.25) is 0 Å². The van der Waals surface area contributed by atoms with Gasteiger partial charge in [0.15, 0.2) is 0 Å². The first-order valence-electron chi connectivity index (χ1n) is 18.6. The van der Waals surface area contributed by atoms with Crippen LogP contribution in [0, 0.1) is 0 Å². The van der Waals surface area contributed by atoms with E-state index in [9.17, 15) is 17.3 Å². The van der Waals surface area contributed by atoms with Crippen molar-refractivity contribution in [3.8, 4) is 0 Å². The van der Waals surface area contributed by atoms with Gasteiger partial charge < -0.3 is 17.3 Å². The molecule has 3 heterocycles. The van der Waals surface area contributed by atoms with E-state index in [1.165, 1.54) is 84.5 Å². The van der Waals surface area contributed by atoms with E-state index >= 15 is 0 Å². The molecule has 0 N–H and O–H groups in total. The Labute approximate surface area is 333 Å². The fraction of sp³-hybridized carbons (Fsp3) is 0.273. The molecule has 54 heavy (non-hydrogen) atoms. The number of halogens is 4. The Bertz CT molecular complexity index is 1640. The van der Waals surface area contributed by atoms with Crippen molar-refractivity contribution >= 4 is 34.0 Å². The van der Waals surface area contributed by atoms with E-state index in [-0.39, 0.29) is 19.5 Å². The topological polar surface area (TPSA) is 25.8 Å². The van der Waals surface area contributed by atoms with Gasteiger partial charge in [0.05, 0.1) is 10.9 Å². The molecule has 2 saturated heterocycles. The zero-order valence-corrected chi connectivity index (χ0v) is 33.6. The van der Waals surface area contributed by atoms with Crippen molar-refractivity contribution in [2.45, 2.75) is 74.0 Å². The Balaban J connectivity index is 0.000000342. The van der Waals surface area contributed by atoms with E-state index in [0.717, 1.165) is 0 Å². The minimum atomic E-state index is -6.00. The summed E-state index contributed by atoms with van der Waals surface area (Å²) in [5, 5.41) is 0. The summed E-state index contributed by atoms with van der Waals surface area (Å²) in [7, 11) is -7.18. The van der Waals surface area contributed by atoms with Gasteiger partial charge in [-0.3, -0.25) is 9.97 Å². The Morgan fingerprint density at radius 2 is 0.630 bits per heavy atom. The quantitative estimate of drug-likeness (QED) is 0.0736. The molecule has 2 nitrogen and oxygen atoms in total.